The molecule has 24 heavy (non-hydrogen) atoms. The zero-order valence-corrected chi connectivity index (χ0v) is 14.7. The number of hydrogen-bond donors (Lipinski definition) is 2. The number of nitrogens with one attached hydrogen (secondary N) is 2. The Balaban J connectivity index is 0.00000208. The van der Waals surface area contributed by atoms with Crippen molar-refractivity contribution in [2.45, 2.75) is 32.2 Å². The van der Waals surface area contributed by atoms with Gasteiger partial charge in [-0.15, -0.1) is 12.4 Å². The van der Waals surface area contributed by atoms with Gasteiger partial charge < -0.3 is 15.5 Å². The Kier molecular flexibility index (Phi) is 7.06. The minimum atomic E-state index is -0.0141. The van der Waals surface area contributed by atoms with Crippen molar-refractivity contribution in [1.82, 2.24) is 15.5 Å². The molecule has 1 aromatic rings. The monoisotopic (exact) mass is 351 g/mol. The van der Waals surface area contributed by atoms with Crippen LogP contribution in [0, 0.1) is 5.92 Å². The second-order valence-corrected chi connectivity index (χ2v) is 6.52. The highest BCUT2D eigenvalue weighted by Gasteiger charge is 2.20. The number of rotatable bonds is 6. The van der Waals surface area contributed by atoms with Gasteiger partial charge in [0.15, 0.2) is 0 Å². The van der Waals surface area contributed by atoms with Gasteiger partial charge in [0.1, 0.15) is 0 Å². The summed E-state index contributed by atoms with van der Waals surface area (Å²) in [6.07, 6.45) is 3.86. The van der Waals surface area contributed by atoms with Crippen LogP contribution >= 0.6 is 12.4 Å². The predicted octanol–water partition coefficient (Wildman–Crippen LogP) is 1.96. The molecule has 2 aliphatic heterocycles. The third-order valence-electron chi connectivity index (χ3n) is 4.76. The minimum absolute atomic E-state index is 0. The van der Waals surface area contributed by atoms with E-state index < -0.39 is 0 Å². The lowest BCUT2D eigenvalue weighted by Gasteiger charge is -2.15. The quantitative estimate of drug-likeness (QED) is 0.823. The van der Waals surface area contributed by atoms with Gasteiger partial charge in [-0.3, -0.25) is 9.59 Å². The number of hydrogen-bond acceptors (Lipinski definition) is 3. The Bertz CT molecular complexity index is 556. The normalized spacial score (nSPS) is 20.1. The highest BCUT2D eigenvalue weighted by atomic mass is 35.5. The lowest BCUT2D eigenvalue weighted by molar-refractivity contribution is -0.128. The van der Waals surface area contributed by atoms with Crippen molar-refractivity contribution in [3.8, 4) is 0 Å². The molecule has 132 valence electrons. The number of carbonyl (C=O) groups excluding carboxylic acids is 2. The highest BCUT2D eigenvalue weighted by molar-refractivity contribution is 5.94. The molecule has 3 rings (SSSR count). The van der Waals surface area contributed by atoms with Gasteiger partial charge in [-0.2, -0.15) is 0 Å². The van der Waals surface area contributed by atoms with E-state index in [1.54, 1.807) is 0 Å². The van der Waals surface area contributed by atoms with Crippen molar-refractivity contribution in [3.05, 3.63) is 35.4 Å². The Morgan fingerprint density at radius 1 is 1.29 bits per heavy atom. The molecule has 1 atom stereocenters. The van der Waals surface area contributed by atoms with E-state index in [-0.39, 0.29) is 24.2 Å². The maximum Gasteiger partial charge on any atom is 0.251 e. The minimum Gasteiger partial charge on any atom is -0.352 e. The van der Waals surface area contributed by atoms with Gasteiger partial charge in [0.25, 0.3) is 5.91 Å². The van der Waals surface area contributed by atoms with Crippen LogP contribution in [-0.2, 0) is 11.3 Å². The first-order chi connectivity index (χ1) is 11.2. The molecule has 5 nitrogen and oxygen atoms in total. The number of carbonyl (C=O) groups is 2. The van der Waals surface area contributed by atoms with Crippen LogP contribution < -0.4 is 10.6 Å². The Hall–Kier alpha value is -1.59. The van der Waals surface area contributed by atoms with Gasteiger partial charge in [0, 0.05) is 31.6 Å². The molecule has 2 saturated heterocycles. The lowest BCUT2D eigenvalue weighted by Crippen LogP contribution is -2.26. The fourth-order valence-corrected chi connectivity index (χ4v) is 3.31. The van der Waals surface area contributed by atoms with Crippen molar-refractivity contribution in [2.24, 2.45) is 5.92 Å². The maximum atomic E-state index is 12.1. The first-order valence-corrected chi connectivity index (χ1v) is 8.58. The molecule has 0 spiro atoms. The van der Waals surface area contributed by atoms with Gasteiger partial charge in [0.05, 0.1) is 0 Å². The molecule has 0 radical (unpaired) electrons. The van der Waals surface area contributed by atoms with Crippen LogP contribution in [0.2, 0.25) is 0 Å². The van der Waals surface area contributed by atoms with Gasteiger partial charge in [-0.25, -0.2) is 0 Å². The number of halogens is 1. The van der Waals surface area contributed by atoms with E-state index in [0.29, 0.717) is 24.4 Å². The maximum absolute atomic E-state index is 12.1. The van der Waals surface area contributed by atoms with Gasteiger partial charge in [-0.05, 0) is 56.0 Å². The molecule has 0 saturated carbocycles. The number of likely N-dealkylation sites (tertiary alicyclic amines) is 1. The second-order valence-electron chi connectivity index (χ2n) is 6.52. The molecule has 2 heterocycles. The summed E-state index contributed by atoms with van der Waals surface area (Å²) in [6, 6.07) is 7.59. The van der Waals surface area contributed by atoms with Crippen molar-refractivity contribution in [3.63, 3.8) is 0 Å². The van der Waals surface area contributed by atoms with Crippen molar-refractivity contribution in [2.75, 3.05) is 26.2 Å². The van der Waals surface area contributed by atoms with E-state index in [0.717, 1.165) is 44.6 Å². The molecule has 6 heteroatoms. The largest absolute Gasteiger partial charge is 0.352 e. The molecule has 1 unspecified atom stereocenters. The molecule has 1 aromatic carbocycles. The second kappa shape index (κ2) is 9.04. The van der Waals surface area contributed by atoms with Gasteiger partial charge in [0.2, 0.25) is 5.91 Å². The fourth-order valence-electron chi connectivity index (χ4n) is 3.31. The number of benzene rings is 1. The number of amides is 2. The molecular weight excluding hydrogens is 326 g/mol. The number of nitrogens with zero attached hydrogens (tertiary/aromatic N) is 1. The van der Waals surface area contributed by atoms with Crippen molar-refractivity contribution >= 4 is 24.2 Å². The molecule has 2 N–H and O–H groups in total. The van der Waals surface area contributed by atoms with Crippen LogP contribution in [-0.4, -0.2) is 42.9 Å². The van der Waals surface area contributed by atoms with Gasteiger partial charge in [-0.1, -0.05) is 12.1 Å². The predicted molar refractivity (Wildman–Crippen MR) is 96.3 cm³/mol. The summed E-state index contributed by atoms with van der Waals surface area (Å²) in [5, 5.41) is 6.33. The summed E-state index contributed by atoms with van der Waals surface area (Å²) in [5.41, 5.74) is 1.76. The van der Waals surface area contributed by atoms with Crippen LogP contribution in [0.4, 0.5) is 0 Å². The third-order valence-corrected chi connectivity index (χ3v) is 4.76. The fraction of sp³-hybridized carbons (Fsp3) is 0.556. The SMILES string of the molecule is Cl.O=C(NCCC1CCNC1)c1ccc(CN2CCCC2=O)cc1. The summed E-state index contributed by atoms with van der Waals surface area (Å²) >= 11 is 0. The smallest absolute Gasteiger partial charge is 0.251 e. The Labute approximate surface area is 149 Å². The molecule has 2 aliphatic rings. The average molecular weight is 352 g/mol. The zero-order valence-electron chi connectivity index (χ0n) is 13.9. The Morgan fingerprint density at radius 2 is 2.08 bits per heavy atom. The molecule has 2 fully saturated rings. The van der Waals surface area contributed by atoms with Crippen LogP contribution in [0.15, 0.2) is 24.3 Å². The molecule has 2 amide bonds. The highest BCUT2D eigenvalue weighted by Crippen LogP contribution is 2.15. The van der Waals surface area contributed by atoms with E-state index in [4.69, 9.17) is 0 Å². The summed E-state index contributed by atoms with van der Waals surface area (Å²) in [6.45, 7) is 4.39. The lowest BCUT2D eigenvalue weighted by atomic mass is 10.1. The summed E-state index contributed by atoms with van der Waals surface area (Å²) in [5.74, 6) is 0.906. The van der Waals surface area contributed by atoms with Crippen LogP contribution in [0.5, 0.6) is 0 Å². The van der Waals surface area contributed by atoms with Gasteiger partial charge >= 0.3 is 0 Å². The molecule has 0 aliphatic carbocycles. The van der Waals surface area contributed by atoms with Crippen LogP contribution in [0.3, 0.4) is 0 Å². The summed E-state index contributed by atoms with van der Waals surface area (Å²) in [7, 11) is 0. The summed E-state index contributed by atoms with van der Waals surface area (Å²) < 4.78 is 0. The van der Waals surface area contributed by atoms with Crippen LogP contribution in [0.1, 0.15) is 41.6 Å². The topological polar surface area (TPSA) is 61.4 Å². The molecule has 0 bridgehead atoms. The van der Waals surface area contributed by atoms with E-state index in [2.05, 4.69) is 10.6 Å². The van der Waals surface area contributed by atoms with E-state index >= 15 is 0 Å². The molecular formula is C18H26ClN3O2. The molecule has 0 aromatic heterocycles. The average Bonchev–Trinajstić information content (AvgIpc) is 3.21. The third kappa shape index (κ3) is 4.95. The van der Waals surface area contributed by atoms with E-state index in [9.17, 15) is 9.59 Å². The first-order valence-electron chi connectivity index (χ1n) is 8.58. The van der Waals surface area contributed by atoms with Crippen LogP contribution in [0.25, 0.3) is 0 Å². The van der Waals surface area contributed by atoms with E-state index in [1.807, 2.05) is 29.2 Å². The van der Waals surface area contributed by atoms with E-state index in [1.165, 1.54) is 6.42 Å². The summed E-state index contributed by atoms with van der Waals surface area (Å²) in [4.78, 5) is 25.7. The first kappa shape index (κ1) is 18.7. The zero-order chi connectivity index (χ0) is 16.1. The van der Waals surface area contributed by atoms with Crippen molar-refractivity contribution in [1.29, 1.82) is 0 Å². The standard InChI is InChI=1S/C18H25N3O2.ClH/c22-17-2-1-11-21(17)13-15-3-5-16(6-4-15)18(23)20-10-8-14-7-9-19-12-14;/h3-6,14,19H,1-2,7-13H2,(H,20,23);1H. The van der Waals surface area contributed by atoms with Crippen molar-refractivity contribution < 1.29 is 9.59 Å². The Morgan fingerprint density at radius 3 is 2.71 bits per heavy atom.